The number of aliphatic carboxylic acids is 1. The molecule has 7 heteroatoms. The minimum atomic E-state index is -1.02. The number of aromatic hydroxyl groups is 2. The Kier molecular flexibility index (Phi) is 5.84. The predicted molar refractivity (Wildman–Crippen MR) is 70.6 cm³/mol. The van der Waals surface area contributed by atoms with Crippen molar-refractivity contribution < 1.29 is 29.6 Å². The molecule has 0 unspecified atom stereocenters. The minimum Gasteiger partial charge on any atom is -0.494 e. The Balaban J connectivity index is 2.69. The molecule has 0 aliphatic carbocycles. The smallest absolute Gasteiger partial charge is 0.303 e. The fourth-order valence-electron chi connectivity index (χ4n) is 2.02. The summed E-state index contributed by atoms with van der Waals surface area (Å²) in [5.74, 6) is -2.05. The molecule has 0 fully saturated rings. The molecule has 0 spiro atoms. The Bertz CT molecular complexity index is 419. The maximum absolute atomic E-state index is 10.5. The highest BCUT2D eigenvalue weighted by atomic mass is 16.7. The number of carbonyl (C=O) groups is 1. The van der Waals surface area contributed by atoms with Gasteiger partial charge < -0.3 is 24.8 Å². The molecule has 1 heterocycles. The number of hydrogen-bond donors (Lipinski definition) is 3. The van der Waals surface area contributed by atoms with Gasteiger partial charge in [-0.2, -0.15) is 0 Å². The van der Waals surface area contributed by atoms with E-state index in [1.807, 2.05) is 0 Å². The lowest BCUT2D eigenvalue weighted by molar-refractivity contribution is -0.220. The van der Waals surface area contributed by atoms with Crippen molar-refractivity contribution in [2.75, 3.05) is 14.2 Å². The molecule has 114 valence electrons. The molecule has 0 aliphatic rings. The summed E-state index contributed by atoms with van der Waals surface area (Å²) in [5.41, 5.74) is 0. The summed E-state index contributed by atoms with van der Waals surface area (Å²) in [7, 11) is 2.94. The van der Waals surface area contributed by atoms with Gasteiger partial charge in [0.05, 0.1) is 6.54 Å². The number of hydrogen-bond acceptors (Lipinski definition) is 5. The maximum Gasteiger partial charge on any atom is 0.303 e. The van der Waals surface area contributed by atoms with E-state index in [4.69, 9.17) is 14.6 Å². The Hall–Kier alpha value is -1.73. The second-order valence-corrected chi connectivity index (χ2v) is 4.56. The molecule has 0 aliphatic heterocycles. The van der Waals surface area contributed by atoms with E-state index in [0.717, 1.165) is 0 Å². The Morgan fingerprint density at radius 1 is 1.20 bits per heavy atom. The predicted octanol–water partition coefficient (Wildman–Crippen LogP) is 1.53. The van der Waals surface area contributed by atoms with Crippen molar-refractivity contribution in [2.45, 2.75) is 38.0 Å². The zero-order valence-corrected chi connectivity index (χ0v) is 11.7. The first-order valence-electron chi connectivity index (χ1n) is 6.33. The number of unbranched alkanes of at least 4 members (excludes halogenated alkanes) is 1. The molecule has 7 nitrogen and oxygen atoms in total. The van der Waals surface area contributed by atoms with Crippen molar-refractivity contribution in [3.05, 3.63) is 12.1 Å². The molecule has 0 amide bonds. The molecule has 0 aromatic carbocycles. The third kappa shape index (κ3) is 4.14. The molecule has 0 atom stereocenters. The number of rotatable bonds is 9. The van der Waals surface area contributed by atoms with Crippen molar-refractivity contribution >= 4 is 5.97 Å². The van der Waals surface area contributed by atoms with Crippen LogP contribution >= 0.6 is 0 Å². The molecule has 20 heavy (non-hydrogen) atoms. The highest BCUT2D eigenvalue weighted by molar-refractivity contribution is 5.66. The molecule has 0 bridgehead atoms. The van der Waals surface area contributed by atoms with Crippen LogP contribution < -0.4 is 0 Å². The van der Waals surface area contributed by atoms with E-state index in [2.05, 4.69) is 0 Å². The summed E-state index contributed by atoms with van der Waals surface area (Å²) in [6.45, 7) is 0.109. The monoisotopic (exact) mass is 287 g/mol. The second kappa shape index (κ2) is 7.16. The third-order valence-corrected chi connectivity index (χ3v) is 3.28. The lowest BCUT2D eigenvalue weighted by Gasteiger charge is -2.31. The lowest BCUT2D eigenvalue weighted by atomic mass is 10.1. The lowest BCUT2D eigenvalue weighted by Crippen LogP contribution is -2.38. The van der Waals surface area contributed by atoms with Gasteiger partial charge in [-0.05, 0) is 12.8 Å². The van der Waals surface area contributed by atoms with Gasteiger partial charge in [0.1, 0.15) is 0 Å². The quantitative estimate of drug-likeness (QED) is 0.470. The van der Waals surface area contributed by atoms with E-state index in [1.54, 1.807) is 0 Å². The highest BCUT2D eigenvalue weighted by Crippen LogP contribution is 2.29. The minimum absolute atomic E-state index is 0.0868. The van der Waals surface area contributed by atoms with Crippen LogP contribution in [0.3, 0.4) is 0 Å². The Morgan fingerprint density at radius 3 is 2.20 bits per heavy atom. The number of carboxylic acid groups (broad SMARTS) is 1. The first-order chi connectivity index (χ1) is 9.44. The van der Waals surface area contributed by atoms with Gasteiger partial charge in [-0.3, -0.25) is 9.36 Å². The largest absolute Gasteiger partial charge is 0.494 e. The van der Waals surface area contributed by atoms with Crippen LogP contribution in [0.2, 0.25) is 0 Å². The molecule has 1 rings (SSSR count). The van der Waals surface area contributed by atoms with E-state index in [0.29, 0.717) is 19.3 Å². The van der Waals surface area contributed by atoms with E-state index < -0.39 is 11.8 Å². The summed E-state index contributed by atoms with van der Waals surface area (Å²) >= 11 is 0. The van der Waals surface area contributed by atoms with E-state index in [9.17, 15) is 15.0 Å². The van der Waals surface area contributed by atoms with Gasteiger partial charge >= 0.3 is 5.97 Å². The molecular weight excluding hydrogens is 266 g/mol. The fraction of sp³-hybridized carbons (Fsp3) is 0.615. The van der Waals surface area contributed by atoms with Crippen LogP contribution in [0.1, 0.15) is 25.7 Å². The first-order valence-corrected chi connectivity index (χ1v) is 6.33. The van der Waals surface area contributed by atoms with Crippen molar-refractivity contribution in [3.8, 4) is 11.8 Å². The zero-order valence-electron chi connectivity index (χ0n) is 11.7. The summed E-state index contributed by atoms with van der Waals surface area (Å²) in [4.78, 5) is 10.5. The SMILES string of the molecule is COC(CCCCC(=O)O)(Cn1c(O)ccc1O)OC. The van der Waals surface area contributed by atoms with Gasteiger partial charge in [-0.15, -0.1) is 0 Å². The van der Waals surface area contributed by atoms with Crippen molar-refractivity contribution in [1.82, 2.24) is 4.57 Å². The zero-order chi connectivity index (χ0) is 15.2. The first kappa shape index (κ1) is 16.3. The number of ether oxygens (including phenoxy) is 2. The summed E-state index contributed by atoms with van der Waals surface area (Å²) in [5, 5.41) is 27.9. The van der Waals surface area contributed by atoms with Crippen LogP contribution in [0.15, 0.2) is 12.1 Å². The molecule has 1 aromatic heterocycles. The van der Waals surface area contributed by atoms with Crippen LogP contribution in [-0.4, -0.2) is 45.9 Å². The molecule has 3 N–H and O–H groups in total. The Morgan fingerprint density at radius 2 is 1.75 bits per heavy atom. The van der Waals surface area contributed by atoms with Gasteiger partial charge in [-0.25, -0.2) is 0 Å². The number of methoxy groups -OCH3 is 2. The van der Waals surface area contributed by atoms with E-state index in [-0.39, 0.29) is 24.7 Å². The van der Waals surface area contributed by atoms with Gasteiger partial charge in [-0.1, -0.05) is 0 Å². The second-order valence-electron chi connectivity index (χ2n) is 4.56. The molecule has 0 saturated heterocycles. The summed E-state index contributed by atoms with van der Waals surface area (Å²) in [6.07, 6.45) is 1.64. The standard InChI is InChI=1S/C13H21NO6/c1-19-13(20-2,8-4-3-5-12(17)18)9-14-10(15)6-7-11(14)16/h6-7,15-16H,3-5,8-9H2,1-2H3,(H,17,18). The van der Waals surface area contributed by atoms with Crippen LogP contribution in [0.5, 0.6) is 11.8 Å². The molecule has 0 radical (unpaired) electrons. The Labute approximate surface area is 117 Å². The van der Waals surface area contributed by atoms with Gasteiger partial charge in [0, 0.05) is 39.2 Å². The summed E-state index contributed by atoms with van der Waals surface area (Å²) < 4.78 is 12.0. The number of nitrogens with zero attached hydrogens (tertiary/aromatic N) is 1. The van der Waals surface area contributed by atoms with Gasteiger partial charge in [0.2, 0.25) is 0 Å². The highest BCUT2D eigenvalue weighted by Gasteiger charge is 2.31. The summed E-state index contributed by atoms with van der Waals surface area (Å²) in [6, 6.07) is 2.74. The van der Waals surface area contributed by atoms with Crippen LogP contribution in [0, 0.1) is 0 Å². The third-order valence-electron chi connectivity index (χ3n) is 3.28. The molecular formula is C13H21NO6. The normalized spacial score (nSPS) is 11.7. The van der Waals surface area contributed by atoms with Crippen LogP contribution in [0.4, 0.5) is 0 Å². The average Bonchev–Trinajstić information content (AvgIpc) is 2.73. The molecule has 0 saturated carbocycles. The van der Waals surface area contributed by atoms with Crippen molar-refractivity contribution in [1.29, 1.82) is 0 Å². The van der Waals surface area contributed by atoms with E-state index in [1.165, 1.54) is 30.9 Å². The van der Waals surface area contributed by atoms with Crippen LogP contribution in [-0.2, 0) is 20.8 Å². The topological polar surface area (TPSA) is 101 Å². The van der Waals surface area contributed by atoms with Gasteiger partial charge in [0.15, 0.2) is 17.5 Å². The maximum atomic E-state index is 10.5. The van der Waals surface area contributed by atoms with Crippen molar-refractivity contribution in [2.24, 2.45) is 0 Å². The fourth-order valence-corrected chi connectivity index (χ4v) is 2.02. The molecule has 1 aromatic rings. The number of aromatic nitrogens is 1. The average molecular weight is 287 g/mol. The van der Waals surface area contributed by atoms with Crippen molar-refractivity contribution in [3.63, 3.8) is 0 Å². The van der Waals surface area contributed by atoms with E-state index >= 15 is 0 Å². The number of carboxylic acids is 1. The van der Waals surface area contributed by atoms with Gasteiger partial charge in [0.25, 0.3) is 0 Å². The van der Waals surface area contributed by atoms with Crippen LogP contribution in [0.25, 0.3) is 0 Å².